The van der Waals surface area contributed by atoms with Gasteiger partial charge in [-0.15, -0.1) is 0 Å². The Morgan fingerprint density at radius 3 is 2.87 bits per heavy atom. The number of sulfonamides is 1. The molecular formula is C16H20N4O2S. The first-order valence-electron chi connectivity index (χ1n) is 7.98. The molecule has 0 spiro atoms. The van der Waals surface area contributed by atoms with E-state index in [-0.39, 0.29) is 0 Å². The molecule has 4 rings (SSSR count). The zero-order valence-electron chi connectivity index (χ0n) is 12.8. The number of para-hydroxylation sites is 1. The number of aromatic nitrogens is 1. The van der Waals surface area contributed by atoms with Crippen LogP contribution in [0.1, 0.15) is 12.8 Å². The summed E-state index contributed by atoms with van der Waals surface area (Å²) in [5.41, 5.74) is 0.913. The van der Waals surface area contributed by atoms with Crippen LogP contribution in [0.4, 0.5) is 0 Å². The number of nitrogens with zero attached hydrogens (tertiary/aromatic N) is 2. The first-order chi connectivity index (χ1) is 11.1. The summed E-state index contributed by atoms with van der Waals surface area (Å²) in [4.78, 5) is 4.75. The largest absolute Gasteiger partial charge is 0.370 e. The number of nitrogens with one attached hydrogen (secondary N) is 2. The fourth-order valence-corrected chi connectivity index (χ4v) is 4.24. The zero-order chi connectivity index (χ0) is 15.9. The highest BCUT2D eigenvalue weighted by Gasteiger charge is 2.26. The maximum atomic E-state index is 12.7. The van der Waals surface area contributed by atoms with Crippen molar-refractivity contribution in [2.75, 3.05) is 19.6 Å². The van der Waals surface area contributed by atoms with Gasteiger partial charge >= 0.3 is 0 Å². The molecule has 2 aromatic rings. The van der Waals surface area contributed by atoms with E-state index >= 15 is 0 Å². The molecule has 122 valence electrons. The number of hydrogen-bond acceptors (Lipinski definition) is 4. The second-order valence-corrected chi connectivity index (χ2v) is 7.92. The lowest BCUT2D eigenvalue weighted by molar-refractivity contribution is 0.578. The molecular weight excluding hydrogens is 312 g/mol. The van der Waals surface area contributed by atoms with Crippen LogP contribution in [0.2, 0.25) is 0 Å². The molecule has 0 atom stereocenters. The second-order valence-electron chi connectivity index (χ2n) is 6.19. The Morgan fingerprint density at radius 1 is 1.30 bits per heavy atom. The number of hydrogen-bond donors (Lipinski definition) is 2. The van der Waals surface area contributed by atoms with Crippen molar-refractivity contribution in [3.8, 4) is 0 Å². The third-order valence-electron chi connectivity index (χ3n) is 4.36. The normalized spacial score (nSPS) is 18.2. The Kier molecular flexibility index (Phi) is 3.61. The Hall–Kier alpha value is -1.86. The van der Waals surface area contributed by atoms with Crippen molar-refractivity contribution in [2.24, 2.45) is 10.9 Å². The molecule has 1 aliphatic carbocycles. The second kappa shape index (κ2) is 5.65. The average Bonchev–Trinajstić information content (AvgIpc) is 3.10. The van der Waals surface area contributed by atoms with E-state index in [4.69, 9.17) is 0 Å². The third kappa shape index (κ3) is 2.98. The molecule has 1 aromatic heterocycles. The van der Waals surface area contributed by atoms with Gasteiger partial charge < -0.3 is 9.88 Å². The predicted octanol–water partition coefficient (Wildman–Crippen LogP) is 1.33. The van der Waals surface area contributed by atoms with Crippen LogP contribution in [0.3, 0.4) is 0 Å². The molecule has 7 heteroatoms. The lowest BCUT2D eigenvalue weighted by atomic mass is 10.2. The monoisotopic (exact) mass is 332 g/mol. The van der Waals surface area contributed by atoms with E-state index in [1.165, 1.54) is 0 Å². The van der Waals surface area contributed by atoms with Crippen LogP contribution >= 0.6 is 0 Å². The van der Waals surface area contributed by atoms with Crippen molar-refractivity contribution in [1.29, 1.82) is 0 Å². The average molecular weight is 332 g/mol. The first-order valence-corrected chi connectivity index (χ1v) is 9.46. The molecule has 1 saturated carbocycles. The van der Waals surface area contributed by atoms with Crippen LogP contribution in [0.15, 0.2) is 40.4 Å². The van der Waals surface area contributed by atoms with Crippen molar-refractivity contribution >= 4 is 26.8 Å². The molecule has 0 unspecified atom stereocenters. The number of benzene rings is 1. The Labute approximate surface area is 135 Å². The fraction of sp³-hybridized carbons (Fsp3) is 0.438. The van der Waals surface area contributed by atoms with Crippen LogP contribution in [0.25, 0.3) is 10.9 Å². The molecule has 0 saturated heterocycles. The van der Waals surface area contributed by atoms with Gasteiger partial charge in [-0.25, -0.2) is 13.1 Å². The SMILES string of the molecule is O=S(=O)(NCC1CC1)c1cn(CC2=NCCN2)c2ccccc12. The van der Waals surface area contributed by atoms with Gasteiger partial charge in [0.05, 0.1) is 13.1 Å². The van der Waals surface area contributed by atoms with Gasteiger partial charge in [-0.3, -0.25) is 4.99 Å². The van der Waals surface area contributed by atoms with E-state index in [0.717, 1.165) is 42.7 Å². The molecule has 2 aliphatic rings. The summed E-state index contributed by atoms with van der Waals surface area (Å²) in [7, 11) is -3.49. The van der Waals surface area contributed by atoms with Gasteiger partial charge in [0.1, 0.15) is 10.7 Å². The summed E-state index contributed by atoms with van der Waals surface area (Å²) in [5, 5.41) is 3.99. The lowest BCUT2D eigenvalue weighted by Crippen LogP contribution is -2.26. The number of aliphatic imine (C=N–C) groups is 1. The Balaban J connectivity index is 1.71. The predicted molar refractivity (Wildman–Crippen MR) is 90.2 cm³/mol. The summed E-state index contributed by atoms with van der Waals surface area (Å²) in [6, 6.07) is 7.61. The minimum atomic E-state index is -3.49. The van der Waals surface area contributed by atoms with Crippen LogP contribution in [-0.4, -0.2) is 38.5 Å². The van der Waals surface area contributed by atoms with Crippen molar-refractivity contribution in [2.45, 2.75) is 24.3 Å². The van der Waals surface area contributed by atoms with Gasteiger partial charge in [0.25, 0.3) is 0 Å². The summed E-state index contributed by atoms with van der Waals surface area (Å²) < 4.78 is 30.0. The van der Waals surface area contributed by atoms with Gasteiger partial charge in [-0.2, -0.15) is 0 Å². The standard InChI is InChI=1S/C16H20N4O2S/c21-23(22,19-9-12-5-6-12)15-10-20(11-16-17-7-8-18-16)14-4-2-1-3-13(14)15/h1-4,10,12,19H,5-9,11H2,(H,17,18). The molecule has 0 bridgehead atoms. The molecule has 0 radical (unpaired) electrons. The molecule has 1 aromatic carbocycles. The van der Waals surface area contributed by atoms with Crippen molar-refractivity contribution in [3.05, 3.63) is 30.5 Å². The van der Waals surface area contributed by atoms with E-state index in [1.807, 2.05) is 28.8 Å². The van der Waals surface area contributed by atoms with E-state index in [0.29, 0.717) is 23.9 Å². The van der Waals surface area contributed by atoms with E-state index in [2.05, 4.69) is 15.0 Å². The highest BCUT2D eigenvalue weighted by atomic mass is 32.2. The Bertz CT molecular complexity index is 865. The first kappa shape index (κ1) is 14.7. The zero-order valence-corrected chi connectivity index (χ0v) is 13.6. The summed E-state index contributed by atoms with van der Waals surface area (Å²) in [5.74, 6) is 1.41. The van der Waals surface area contributed by atoms with Gasteiger partial charge in [0.2, 0.25) is 10.0 Å². The Morgan fingerprint density at radius 2 is 2.13 bits per heavy atom. The van der Waals surface area contributed by atoms with Crippen molar-refractivity contribution < 1.29 is 8.42 Å². The maximum Gasteiger partial charge on any atom is 0.242 e. The molecule has 2 N–H and O–H groups in total. The molecule has 0 amide bonds. The summed E-state index contributed by atoms with van der Waals surface area (Å²) in [6.45, 7) is 2.74. The van der Waals surface area contributed by atoms with Crippen LogP contribution in [0, 0.1) is 5.92 Å². The topological polar surface area (TPSA) is 75.5 Å². The minimum Gasteiger partial charge on any atom is -0.370 e. The molecule has 2 heterocycles. The highest BCUT2D eigenvalue weighted by Crippen LogP contribution is 2.29. The van der Waals surface area contributed by atoms with E-state index in [9.17, 15) is 8.42 Å². The highest BCUT2D eigenvalue weighted by molar-refractivity contribution is 7.89. The smallest absolute Gasteiger partial charge is 0.242 e. The van der Waals surface area contributed by atoms with Gasteiger partial charge in [-0.1, -0.05) is 18.2 Å². The van der Waals surface area contributed by atoms with Crippen molar-refractivity contribution in [1.82, 2.24) is 14.6 Å². The minimum absolute atomic E-state index is 0.354. The fourth-order valence-electron chi connectivity index (χ4n) is 2.90. The van der Waals surface area contributed by atoms with Crippen molar-refractivity contribution in [3.63, 3.8) is 0 Å². The molecule has 23 heavy (non-hydrogen) atoms. The van der Waals surface area contributed by atoms with Crippen LogP contribution in [-0.2, 0) is 16.6 Å². The molecule has 6 nitrogen and oxygen atoms in total. The van der Waals surface area contributed by atoms with E-state index in [1.54, 1.807) is 6.20 Å². The van der Waals surface area contributed by atoms with Gasteiger partial charge in [0, 0.05) is 30.2 Å². The van der Waals surface area contributed by atoms with Gasteiger partial charge in [-0.05, 0) is 24.8 Å². The number of fused-ring (bicyclic) bond motifs is 1. The maximum absolute atomic E-state index is 12.7. The number of rotatable bonds is 6. The third-order valence-corrected chi connectivity index (χ3v) is 5.82. The summed E-state index contributed by atoms with van der Waals surface area (Å²) >= 11 is 0. The quantitative estimate of drug-likeness (QED) is 0.838. The van der Waals surface area contributed by atoms with Crippen LogP contribution < -0.4 is 10.0 Å². The van der Waals surface area contributed by atoms with E-state index < -0.39 is 10.0 Å². The number of amidine groups is 1. The van der Waals surface area contributed by atoms with Crippen LogP contribution in [0.5, 0.6) is 0 Å². The summed E-state index contributed by atoms with van der Waals surface area (Å²) in [6.07, 6.45) is 3.97. The van der Waals surface area contributed by atoms with Gasteiger partial charge in [0.15, 0.2) is 0 Å². The molecule has 1 fully saturated rings. The molecule has 1 aliphatic heterocycles. The lowest BCUT2D eigenvalue weighted by Gasteiger charge is -2.05.